The molecule has 0 aliphatic rings. The Morgan fingerprint density at radius 2 is 1.00 bits per heavy atom. The smallest absolute Gasteiger partial charge is 0.300 e. The first-order chi connectivity index (χ1) is 3.46. The Labute approximate surface area is 124 Å². The van der Waals surface area contributed by atoms with E-state index in [1.807, 2.05) is 0 Å². The summed E-state index contributed by atoms with van der Waals surface area (Å²) in [7, 11) is 0. The van der Waals surface area contributed by atoms with Crippen LogP contribution in [0.2, 0.25) is 0 Å². The standard InChI is InChI=1S/2C2H4O2.Nd.Sm/c2*1-2(3)4;;/h2*1H3,(H,3,4);;. The first-order valence-corrected chi connectivity index (χ1v) is 1.86. The third-order valence-corrected chi connectivity index (χ3v) is 0. The minimum Gasteiger partial charge on any atom is -0.481 e. The third-order valence-electron chi connectivity index (χ3n) is 0. The van der Waals surface area contributed by atoms with E-state index in [1.165, 1.54) is 0 Å². The molecule has 10 heavy (non-hydrogen) atoms. The predicted molar refractivity (Wildman–Crippen MR) is 26.6 cm³/mol. The molecular weight excluding hydrogens is 407 g/mol. The topological polar surface area (TPSA) is 74.6 Å². The monoisotopic (exact) mass is 414 g/mol. The third kappa shape index (κ3) is 270. The van der Waals surface area contributed by atoms with E-state index in [1.54, 1.807) is 0 Å². The zero-order valence-electron chi connectivity index (χ0n) is 5.62. The van der Waals surface area contributed by atoms with Crippen LogP contribution in [0.3, 0.4) is 0 Å². The van der Waals surface area contributed by atoms with E-state index in [2.05, 4.69) is 0 Å². The average Bonchev–Trinajstić information content (AvgIpc) is 1.25. The van der Waals surface area contributed by atoms with Crippen LogP contribution in [0, 0.1) is 81.2 Å². The molecule has 0 fully saturated rings. The van der Waals surface area contributed by atoms with Crippen LogP contribution < -0.4 is 0 Å². The van der Waals surface area contributed by atoms with Gasteiger partial charge in [-0.25, -0.2) is 0 Å². The molecule has 0 spiro atoms. The van der Waals surface area contributed by atoms with Crippen molar-refractivity contribution < 1.29 is 101 Å². The minimum absolute atomic E-state index is 0. The van der Waals surface area contributed by atoms with Crippen molar-refractivity contribution in [2.24, 2.45) is 0 Å². The summed E-state index contributed by atoms with van der Waals surface area (Å²) in [5.41, 5.74) is 0. The van der Waals surface area contributed by atoms with Crippen LogP contribution >= 0.6 is 0 Å². The zero-order valence-corrected chi connectivity index (χ0v) is 11.4. The molecule has 58 valence electrons. The second-order valence-corrected chi connectivity index (χ2v) is 1.04. The van der Waals surface area contributed by atoms with E-state index in [9.17, 15) is 0 Å². The number of hydrogen-bond donors (Lipinski definition) is 2. The van der Waals surface area contributed by atoms with Gasteiger partial charge in [-0.15, -0.1) is 0 Å². The van der Waals surface area contributed by atoms with Crippen molar-refractivity contribution in [3.05, 3.63) is 0 Å². The van der Waals surface area contributed by atoms with Crippen molar-refractivity contribution in [3.8, 4) is 0 Å². The normalized spacial score (nSPS) is 5.00. The Morgan fingerprint density at radius 3 is 1.00 bits per heavy atom. The molecule has 0 bridgehead atoms. The molecule has 4 nitrogen and oxygen atoms in total. The first-order valence-electron chi connectivity index (χ1n) is 1.86. The molecule has 0 rings (SSSR count). The van der Waals surface area contributed by atoms with E-state index in [0.29, 0.717) is 0 Å². The van der Waals surface area contributed by atoms with Crippen LogP contribution in [0.4, 0.5) is 0 Å². The fraction of sp³-hybridized carbons (Fsp3) is 0.500. The number of aliphatic carboxylic acids is 2. The SMILES string of the molecule is CC(=O)O.CC(=O)O.[Nd].[Sm]. The first kappa shape index (κ1) is 22.6. The largest absolute Gasteiger partial charge is 0.481 e. The number of rotatable bonds is 0. The molecule has 0 saturated heterocycles. The van der Waals surface area contributed by atoms with Crippen molar-refractivity contribution in [2.45, 2.75) is 13.8 Å². The van der Waals surface area contributed by atoms with Gasteiger partial charge in [0.25, 0.3) is 11.9 Å². The quantitative estimate of drug-likeness (QED) is 0.593. The van der Waals surface area contributed by atoms with Gasteiger partial charge < -0.3 is 10.2 Å². The van der Waals surface area contributed by atoms with Gasteiger partial charge in [0.15, 0.2) is 0 Å². The Hall–Kier alpha value is 1.63. The van der Waals surface area contributed by atoms with Gasteiger partial charge in [-0.2, -0.15) is 0 Å². The fourth-order valence-corrected chi connectivity index (χ4v) is 0. The zero-order chi connectivity index (χ0) is 7.15. The minimum atomic E-state index is -0.833. The van der Waals surface area contributed by atoms with Gasteiger partial charge in [-0.3, -0.25) is 9.59 Å². The molecule has 0 aliphatic heterocycles. The van der Waals surface area contributed by atoms with Crippen LogP contribution in [-0.2, 0) is 9.59 Å². The summed E-state index contributed by atoms with van der Waals surface area (Å²) >= 11 is 0. The summed E-state index contributed by atoms with van der Waals surface area (Å²) in [6.45, 7) is 2.17. The van der Waals surface area contributed by atoms with E-state index >= 15 is 0 Å². The molecule has 0 aromatic rings. The summed E-state index contributed by atoms with van der Waals surface area (Å²) in [6, 6.07) is 0. The molecule has 0 aromatic carbocycles. The summed E-state index contributed by atoms with van der Waals surface area (Å²) in [4.78, 5) is 18.0. The summed E-state index contributed by atoms with van der Waals surface area (Å²) in [5.74, 6) is -1.67. The van der Waals surface area contributed by atoms with Gasteiger partial charge in [-0.05, 0) is 0 Å². The number of carbonyl (C=O) groups is 2. The van der Waals surface area contributed by atoms with Crippen LogP contribution in [0.5, 0.6) is 0 Å². The van der Waals surface area contributed by atoms with E-state index in [-0.39, 0.29) is 81.2 Å². The van der Waals surface area contributed by atoms with Gasteiger partial charge in [0.05, 0.1) is 0 Å². The Balaban J connectivity index is -0.0000000300. The van der Waals surface area contributed by atoms with E-state index in [0.717, 1.165) is 13.8 Å². The second kappa shape index (κ2) is 16.9. The van der Waals surface area contributed by atoms with E-state index < -0.39 is 11.9 Å². The molecule has 0 heterocycles. The molecule has 0 radical (unpaired) electrons. The Kier molecular flexibility index (Phi) is 38.2. The number of carboxylic acids is 2. The van der Waals surface area contributed by atoms with Crippen molar-refractivity contribution in [3.63, 3.8) is 0 Å². The van der Waals surface area contributed by atoms with Crippen molar-refractivity contribution >= 4 is 11.9 Å². The van der Waals surface area contributed by atoms with Crippen LogP contribution in [0.25, 0.3) is 0 Å². The van der Waals surface area contributed by atoms with Gasteiger partial charge in [0.1, 0.15) is 0 Å². The van der Waals surface area contributed by atoms with Gasteiger partial charge in [0, 0.05) is 95.1 Å². The molecule has 0 aliphatic carbocycles. The number of hydrogen-bond acceptors (Lipinski definition) is 2. The fourth-order valence-electron chi connectivity index (χ4n) is 0. The van der Waals surface area contributed by atoms with Crippen LogP contribution in [0.15, 0.2) is 0 Å². The van der Waals surface area contributed by atoms with E-state index in [4.69, 9.17) is 19.8 Å². The van der Waals surface area contributed by atoms with Crippen molar-refractivity contribution in [1.29, 1.82) is 0 Å². The predicted octanol–water partition coefficient (Wildman–Crippen LogP) is 0.182. The van der Waals surface area contributed by atoms with Gasteiger partial charge in [0.2, 0.25) is 0 Å². The Morgan fingerprint density at radius 1 is 1.00 bits per heavy atom. The molecule has 0 amide bonds. The van der Waals surface area contributed by atoms with Gasteiger partial charge in [-0.1, -0.05) is 0 Å². The molecule has 2 N–H and O–H groups in total. The van der Waals surface area contributed by atoms with Crippen molar-refractivity contribution in [2.75, 3.05) is 0 Å². The molecule has 0 saturated carbocycles. The maximum absolute atomic E-state index is 9.00. The molecule has 0 unspecified atom stereocenters. The summed E-state index contributed by atoms with van der Waals surface area (Å²) in [5, 5.41) is 14.8. The molecule has 0 atom stereocenters. The number of carboxylic acid groups (broad SMARTS) is 2. The molecular formula is C4H8NdO4Sm. The average molecular weight is 415 g/mol. The molecule has 6 heteroatoms. The van der Waals surface area contributed by atoms with Crippen molar-refractivity contribution in [1.82, 2.24) is 0 Å². The second-order valence-electron chi connectivity index (χ2n) is 1.04. The maximum Gasteiger partial charge on any atom is 0.300 e. The summed E-state index contributed by atoms with van der Waals surface area (Å²) < 4.78 is 0. The summed E-state index contributed by atoms with van der Waals surface area (Å²) in [6.07, 6.45) is 0. The van der Waals surface area contributed by atoms with Crippen LogP contribution in [0.1, 0.15) is 13.8 Å². The van der Waals surface area contributed by atoms with Gasteiger partial charge >= 0.3 is 0 Å². The Bertz CT molecular complexity index is 75.3. The molecule has 0 aromatic heterocycles. The van der Waals surface area contributed by atoms with Crippen LogP contribution in [-0.4, -0.2) is 22.2 Å². The maximum atomic E-state index is 9.00.